The SMILES string of the molecule is COc1nc2cc(C)c(C)c(-c3noc(C)n3)c2nc1OC.COc1nc2cc(C)c(C)c(/C(N)=N/O)c2nc1OC.COc1nc2cc(C)c(C)c(C#N)c2nc1OC.COc1nc2cc(C)c(C)c(C(=O)Cl)c2nc1OC.COc1nc2cc(C)c(C)c(C(N)=O)c2nc1OC.Cc1nc(-c2c(C)c(C)cc3[nH]c(=O)c(=O)[nH]c23)no1. The Morgan fingerprint density at radius 3 is 1.06 bits per heavy atom. The van der Waals surface area contributed by atoms with Gasteiger partial charge >= 0.3 is 11.1 Å². The van der Waals surface area contributed by atoms with Gasteiger partial charge in [0.25, 0.3) is 69.9 Å². The second-order valence-electron chi connectivity index (χ2n) is 26.1. The molecular weight excluding hydrogens is 1550 g/mol. The van der Waals surface area contributed by atoms with Gasteiger partial charge in [-0.05, 0) is 198 Å². The third kappa shape index (κ3) is 17.8. The highest BCUT2D eigenvalue weighted by Crippen LogP contribution is 2.38. The molecule has 0 radical (unpaired) electrons. The van der Waals surface area contributed by atoms with Crippen molar-refractivity contribution in [2.24, 2.45) is 16.6 Å². The molecule has 0 spiro atoms. The van der Waals surface area contributed by atoms with Crippen molar-refractivity contribution in [1.29, 1.82) is 5.26 Å². The number of nitriles is 1. The number of carbonyl (C=O) groups excluding carboxylic acids is 2. The minimum atomic E-state index is -0.706. The number of H-pyrrole nitrogens is 2. The molecule has 0 unspecified atom stereocenters. The molecule has 118 heavy (non-hydrogen) atoms. The number of carbonyl (C=O) groups is 2. The molecule has 7 N–H and O–H groups in total. The van der Waals surface area contributed by atoms with E-state index in [4.69, 9.17) is 84.7 Å². The molecule has 0 saturated carbocycles. The molecule has 0 aliphatic rings. The summed E-state index contributed by atoms with van der Waals surface area (Å²) in [7, 11) is 14.9. The summed E-state index contributed by atoms with van der Waals surface area (Å²) in [5, 5.41) is 28.6. The molecular formula is C80H85ClN20O17. The van der Waals surface area contributed by atoms with Gasteiger partial charge in [0, 0.05) is 13.8 Å². The maximum atomic E-state index is 11.6. The lowest BCUT2D eigenvalue weighted by molar-refractivity contribution is 0.1000. The molecule has 0 aliphatic heterocycles. The van der Waals surface area contributed by atoms with Crippen molar-refractivity contribution in [3.63, 3.8) is 0 Å². The Labute approximate surface area is 678 Å². The van der Waals surface area contributed by atoms with E-state index in [1.807, 2.05) is 113 Å². The second kappa shape index (κ2) is 37.1. The molecule has 0 saturated heterocycles. The van der Waals surface area contributed by atoms with Crippen molar-refractivity contribution < 1.29 is 71.2 Å². The number of hydrogen-bond donors (Lipinski definition) is 5. The van der Waals surface area contributed by atoms with Crippen LogP contribution in [-0.2, 0) is 0 Å². The zero-order valence-corrected chi connectivity index (χ0v) is 69.9. The summed E-state index contributed by atoms with van der Waals surface area (Å²) in [6.07, 6.45) is 0. The minimum absolute atomic E-state index is 0.0160. The Hall–Kier alpha value is -14.6. The number of rotatable bonds is 15. The predicted octanol–water partition coefficient (Wildman–Crippen LogP) is 11.3. The first kappa shape index (κ1) is 87.4. The van der Waals surface area contributed by atoms with Crippen LogP contribution >= 0.6 is 11.6 Å². The van der Waals surface area contributed by atoms with Crippen LogP contribution in [0.2, 0.25) is 0 Å². The molecule has 8 aromatic heterocycles. The number of oxime groups is 1. The topological polar surface area (TPSA) is 507 Å². The van der Waals surface area contributed by atoms with Crippen molar-refractivity contribution in [2.75, 3.05) is 71.1 Å². The van der Waals surface area contributed by atoms with Crippen molar-refractivity contribution in [1.82, 2.24) is 80.1 Å². The van der Waals surface area contributed by atoms with Crippen LogP contribution < -0.4 is 70.0 Å². The summed E-state index contributed by atoms with van der Waals surface area (Å²) in [5.74, 6) is 4.03. The maximum Gasteiger partial charge on any atom is 0.314 e. The van der Waals surface area contributed by atoms with E-state index in [0.29, 0.717) is 135 Å². The Kier molecular flexibility index (Phi) is 27.5. The number of fused-ring (bicyclic) bond motifs is 6. The highest BCUT2D eigenvalue weighted by atomic mass is 35.5. The van der Waals surface area contributed by atoms with Crippen LogP contribution in [0.4, 0.5) is 0 Å². The third-order valence-corrected chi connectivity index (χ3v) is 19.2. The number of nitrogens with one attached hydrogen (secondary N) is 2. The van der Waals surface area contributed by atoms with E-state index in [1.165, 1.54) is 71.1 Å². The van der Waals surface area contributed by atoms with Gasteiger partial charge in [-0.3, -0.25) is 19.2 Å². The van der Waals surface area contributed by atoms with Gasteiger partial charge in [-0.2, -0.15) is 15.2 Å². The largest absolute Gasteiger partial charge is 0.477 e. The highest BCUT2D eigenvalue weighted by molar-refractivity contribution is 6.68. The van der Waals surface area contributed by atoms with Gasteiger partial charge < -0.3 is 83.1 Å². The van der Waals surface area contributed by atoms with Crippen molar-refractivity contribution in [3.05, 3.63) is 158 Å². The standard InChI is InChI=1S/C15H16N4O3.C13H13ClN2O3.C13H12N4O3.C13H16N4O3.C13H15N3O3.C13H13N3O2/c1-7-6-10-12(18-15(21-5)14(17-10)20-4)11(8(7)2)13-16-9(3)22-19-13;1-6-5-8-10(9(7(6)2)11(14)17)16-13(19-4)12(15-8)18-3;1-5-4-8-10(16-13(19)12(18)15-8)9(6(5)2)11-14-7(3)20-17-11;1-6-5-8-10(9(7(6)2)11(14)17-18)16-13(20-4)12(15-8)19-3;1-6-5-8-10(9(7(6)2)11(14)17)16-13(19-4)12(15-8)18-3;1-7-5-10-11(9(6-14)8(7)2)16-13(18-4)12(15-10)17-3/h6H,1-5H3;5H,1-4H3;4H,1-3H3,(H,15,18)(H,16,19);5,18H,1-4H3,(H2,14,17);5H,1-4H3,(H2,14,17);5H,1-4H3. The predicted molar refractivity (Wildman–Crippen MR) is 437 cm³/mol. The Bertz CT molecular complexity index is 6360. The van der Waals surface area contributed by atoms with E-state index in [0.717, 1.165) is 72.3 Å². The number of amidine groups is 1. The summed E-state index contributed by atoms with van der Waals surface area (Å²) in [6.45, 7) is 26.3. The highest BCUT2D eigenvalue weighted by Gasteiger charge is 2.26. The fourth-order valence-electron chi connectivity index (χ4n) is 12.2. The molecule has 1 amide bonds. The quantitative estimate of drug-likeness (QED) is 0.0159. The number of aromatic nitrogens is 16. The molecule has 0 bridgehead atoms. The number of aryl methyl sites for hydroxylation is 8. The number of nitrogens with two attached hydrogens (primary N) is 2. The number of primary amides is 1. The smallest absolute Gasteiger partial charge is 0.314 e. The molecule has 14 rings (SSSR count). The summed E-state index contributed by atoms with van der Waals surface area (Å²) in [4.78, 5) is 103. The van der Waals surface area contributed by atoms with Crippen LogP contribution in [0.25, 0.3) is 89.0 Å². The Morgan fingerprint density at radius 2 is 0.695 bits per heavy atom. The monoisotopic (exact) mass is 1630 g/mol. The number of methoxy groups -OCH3 is 10. The van der Waals surface area contributed by atoms with Gasteiger partial charge in [-0.15, -0.1) is 0 Å². The Balaban J connectivity index is 0.000000162. The number of halogens is 1. The average molecular weight is 1630 g/mol. The molecule has 14 aromatic rings. The number of ether oxygens (including phenoxy) is 10. The van der Waals surface area contributed by atoms with Crippen LogP contribution in [0.15, 0.2) is 60.2 Å². The van der Waals surface area contributed by atoms with Crippen LogP contribution in [0.3, 0.4) is 0 Å². The van der Waals surface area contributed by atoms with Gasteiger partial charge in [0.05, 0.1) is 143 Å². The van der Waals surface area contributed by atoms with E-state index in [9.17, 15) is 24.4 Å². The van der Waals surface area contributed by atoms with Crippen LogP contribution in [0, 0.1) is 108 Å². The first-order chi connectivity index (χ1) is 56.1. The van der Waals surface area contributed by atoms with Gasteiger partial charge in [0.15, 0.2) is 5.84 Å². The summed E-state index contributed by atoms with van der Waals surface area (Å²) in [6, 6.07) is 13.4. The zero-order chi connectivity index (χ0) is 86.7. The lowest BCUT2D eigenvalue weighted by atomic mass is 10.0. The molecule has 0 fully saturated rings. The number of amides is 1. The van der Waals surface area contributed by atoms with E-state index in [2.05, 4.69) is 91.3 Å². The van der Waals surface area contributed by atoms with Crippen LogP contribution in [0.5, 0.6) is 58.8 Å². The first-order valence-electron chi connectivity index (χ1n) is 35.4. The second-order valence-corrected chi connectivity index (χ2v) is 26.4. The zero-order valence-electron chi connectivity index (χ0n) is 69.1. The number of nitrogens with zero attached hydrogens (tertiary/aromatic N) is 16. The van der Waals surface area contributed by atoms with E-state index in [1.54, 1.807) is 19.9 Å². The first-order valence-corrected chi connectivity index (χ1v) is 35.8. The van der Waals surface area contributed by atoms with Crippen LogP contribution in [-0.4, -0.2) is 173 Å². The molecule has 614 valence electrons. The third-order valence-electron chi connectivity index (χ3n) is 19.0. The average Bonchev–Trinajstić information content (AvgIpc) is 1.37. The van der Waals surface area contributed by atoms with Gasteiger partial charge in [0.1, 0.15) is 33.7 Å². The van der Waals surface area contributed by atoms with E-state index < -0.39 is 22.3 Å². The lowest BCUT2D eigenvalue weighted by Gasteiger charge is -2.13. The van der Waals surface area contributed by atoms with Crippen LogP contribution in [0.1, 0.15) is 110 Å². The minimum Gasteiger partial charge on any atom is -0.477 e. The fraction of sp³-hybridized carbons (Fsp3) is 0.300. The van der Waals surface area contributed by atoms with E-state index >= 15 is 0 Å². The Morgan fingerprint density at radius 1 is 0.398 bits per heavy atom. The normalized spacial score (nSPS) is 10.9. The molecule has 38 heteroatoms. The lowest BCUT2D eigenvalue weighted by Crippen LogP contribution is -2.29. The fourth-order valence-corrected chi connectivity index (χ4v) is 12.4. The summed E-state index contributed by atoms with van der Waals surface area (Å²) >= 11 is 5.65. The number of aromatic amines is 2. The summed E-state index contributed by atoms with van der Waals surface area (Å²) < 4.78 is 61.4. The molecule has 0 atom stereocenters. The van der Waals surface area contributed by atoms with Gasteiger partial charge in [-0.1, -0.05) is 15.5 Å². The molecule has 6 aromatic carbocycles. The van der Waals surface area contributed by atoms with Gasteiger partial charge in [0.2, 0.25) is 23.4 Å². The van der Waals surface area contributed by atoms with Crippen molar-refractivity contribution in [3.8, 4) is 87.6 Å². The maximum absolute atomic E-state index is 11.6. The van der Waals surface area contributed by atoms with E-state index in [-0.39, 0.29) is 47.0 Å². The molecule has 0 aliphatic carbocycles. The van der Waals surface area contributed by atoms with Crippen molar-refractivity contribution in [2.45, 2.75) is 96.9 Å². The number of benzene rings is 6. The molecule has 37 nitrogen and oxygen atoms in total. The summed E-state index contributed by atoms with van der Waals surface area (Å²) in [5.41, 5.74) is 30.7. The number of hydrogen-bond acceptors (Lipinski definition) is 33. The molecule has 8 heterocycles. The van der Waals surface area contributed by atoms with Gasteiger partial charge in [-0.25, -0.2) is 49.8 Å². The van der Waals surface area contributed by atoms with Crippen molar-refractivity contribution >= 4 is 94.8 Å².